The van der Waals surface area contributed by atoms with E-state index in [1.807, 2.05) is 0 Å². The fourth-order valence-electron chi connectivity index (χ4n) is 2.91. The minimum absolute atomic E-state index is 0.406. The molecule has 2 fully saturated rings. The molecule has 2 heteroatoms. The highest BCUT2D eigenvalue weighted by Crippen LogP contribution is 2.67. The van der Waals surface area contributed by atoms with Gasteiger partial charge < -0.3 is 10.1 Å². The second kappa shape index (κ2) is 3.21. The molecule has 0 aromatic carbocycles. The third-order valence-corrected chi connectivity index (χ3v) is 5.12. The van der Waals surface area contributed by atoms with E-state index < -0.39 is 0 Å². The van der Waals surface area contributed by atoms with E-state index in [4.69, 9.17) is 4.74 Å². The lowest BCUT2D eigenvalue weighted by molar-refractivity contribution is -0.0991. The molecule has 88 valence electrons. The largest absolute Gasteiger partial charge is 0.380 e. The SMILES string of the molecule is CC1(CNCC2C(C)(C)C2(C)C)COC1. The Hall–Kier alpha value is -0.0800. The quantitative estimate of drug-likeness (QED) is 0.770. The molecule has 1 aliphatic heterocycles. The Morgan fingerprint density at radius 1 is 1.07 bits per heavy atom. The first-order valence-corrected chi connectivity index (χ1v) is 6.08. The van der Waals surface area contributed by atoms with E-state index in [2.05, 4.69) is 39.9 Å². The minimum Gasteiger partial charge on any atom is -0.380 e. The van der Waals surface area contributed by atoms with Crippen LogP contribution in [-0.2, 0) is 4.74 Å². The van der Waals surface area contributed by atoms with Gasteiger partial charge in [0, 0.05) is 12.0 Å². The second-order valence-corrected chi connectivity index (χ2v) is 6.93. The maximum absolute atomic E-state index is 5.25. The molecule has 1 N–H and O–H groups in total. The van der Waals surface area contributed by atoms with E-state index in [0.717, 1.165) is 32.2 Å². The Morgan fingerprint density at radius 3 is 1.93 bits per heavy atom. The van der Waals surface area contributed by atoms with Gasteiger partial charge in [-0.1, -0.05) is 34.6 Å². The zero-order valence-electron chi connectivity index (χ0n) is 10.8. The minimum atomic E-state index is 0.406. The number of hydrogen-bond donors (Lipinski definition) is 1. The van der Waals surface area contributed by atoms with Crippen LogP contribution < -0.4 is 5.32 Å². The summed E-state index contributed by atoms with van der Waals surface area (Å²) in [6.07, 6.45) is 0. The monoisotopic (exact) mass is 211 g/mol. The summed E-state index contributed by atoms with van der Waals surface area (Å²) < 4.78 is 5.25. The van der Waals surface area contributed by atoms with Crippen LogP contribution in [0.15, 0.2) is 0 Å². The Bertz CT molecular complexity index is 239. The van der Waals surface area contributed by atoms with Gasteiger partial charge in [-0.25, -0.2) is 0 Å². The normalized spacial score (nSPS) is 31.0. The van der Waals surface area contributed by atoms with Crippen LogP contribution in [0.5, 0.6) is 0 Å². The predicted molar refractivity (Wildman–Crippen MR) is 62.8 cm³/mol. The van der Waals surface area contributed by atoms with Crippen molar-refractivity contribution >= 4 is 0 Å². The van der Waals surface area contributed by atoms with Crippen molar-refractivity contribution < 1.29 is 4.74 Å². The highest BCUT2D eigenvalue weighted by molar-refractivity contribution is 5.12. The summed E-state index contributed by atoms with van der Waals surface area (Å²) >= 11 is 0. The van der Waals surface area contributed by atoms with Gasteiger partial charge in [0.25, 0.3) is 0 Å². The van der Waals surface area contributed by atoms with Crippen molar-refractivity contribution in [2.75, 3.05) is 26.3 Å². The van der Waals surface area contributed by atoms with Crippen molar-refractivity contribution in [1.29, 1.82) is 0 Å². The van der Waals surface area contributed by atoms with E-state index >= 15 is 0 Å². The molecular weight excluding hydrogens is 186 g/mol. The summed E-state index contributed by atoms with van der Waals surface area (Å²) in [5.41, 5.74) is 1.43. The van der Waals surface area contributed by atoms with Gasteiger partial charge in [-0.3, -0.25) is 0 Å². The first kappa shape index (κ1) is 11.4. The molecule has 2 aliphatic rings. The number of hydrogen-bond acceptors (Lipinski definition) is 2. The fraction of sp³-hybridized carbons (Fsp3) is 1.00. The molecule has 2 nitrogen and oxygen atoms in total. The van der Waals surface area contributed by atoms with Gasteiger partial charge in [-0.05, 0) is 23.3 Å². The Kier molecular flexibility index (Phi) is 2.44. The van der Waals surface area contributed by atoms with Gasteiger partial charge in [0.2, 0.25) is 0 Å². The molecule has 2 rings (SSSR count). The van der Waals surface area contributed by atoms with Crippen LogP contribution in [0.25, 0.3) is 0 Å². The van der Waals surface area contributed by atoms with E-state index in [1.54, 1.807) is 0 Å². The third kappa shape index (κ3) is 1.72. The maximum atomic E-state index is 5.25. The van der Waals surface area contributed by atoms with Crippen molar-refractivity contribution in [3.05, 3.63) is 0 Å². The molecule has 0 amide bonds. The summed E-state index contributed by atoms with van der Waals surface area (Å²) in [4.78, 5) is 0. The van der Waals surface area contributed by atoms with Crippen LogP contribution in [0.2, 0.25) is 0 Å². The Labute approximate surface area is 93.8 Å². The summed E-state index contributed by atoms with van der Waals surface area (Å²) in [7, 11) is 0. The summed E-state index contributed by atoms with van der Waals surface area (Å²) in [6.45, 7) is 16.0. The molecule has 0 aromatic rings. The molecule has 1 saturated carbocycles. The average molecular weight is 211 g/mol. The summed E-state index contributed by atoms with van der Waals surface area (Å²) in [6, 6.07) is 0. The summed E-state index contributed by atoms with van der Waals surface area (Å²) in [5.74, 6) is 0.828. The first-order chi connectivity index (χ1) is 6.80. The fourth-order valence-corrected chi connectivity index (χ4v) is 2.91. The van der Waals surface area contributed by atoms with E-state index in [9.17, 15) is 0 Å². The third-order valence-electron chi connectivity index (χ3n) is 5.12. The molecule has 1 aliphatic carbocycles. The van der Waals surface area contributed by atoms with Gasteiger partial charge in [-0.15, -0.1) is 0 Å². The topological polar surface area (TPSA) is 21.3 Å². The van der Waals surface area contributed by atoms with Crippen LogP contribution in [0.3, 0.4) is 0 Å². The van der Waals surface area contributed by atoms with Crippen molar-refractivity contribution in [2.45, 2.75) is 34.6 Å². The van der Waals surface area contributed by atoms with Crippen molar-refractivity contribution in [1.82, 2.24) is 5.32 Å². The van der Waals surface area contributed by atoms with Gasteiger partial charge in [-0.2, -0.15) is 0 Å². The lowest BCUT2D eigenvalue weighted by Crippen LogP contribution is -2.47. The smallest absolute Gasteiger partial charge is 0.0554 e. The number of nitrogens with one attached hydrogen (secondary N) is 1. The van der Waals surface area contributed by atoms with Crippen molar-refractivity contribution in [2.24, 2.45) is 22.2 Å². The zero-order valence-corrected chi connectivity index (χ0v) is 10.8. The molecule has 0 atom stereocenters. The lowest BCUT2D eigenvalue weighted by atomic mass is 9.89. The van der Waals surface area contributed by atoms with Crippen molar-refractivity contribution in [3.8, 4) is 0 Å². The lowest BCUT2D eigenvalue weighted by Gasteiger charge is -2.38. The molecule has 1 saturated heterocycles. The molecule has 1 heterocycles. The predicted octanol–water partition coefficient (Wildman–Crippen LogP) is 2.29. The molecule has 15 heavy (non-hydrogen) atoms. The maximum Gasteiger partial charge on any atom is 0.0554 e. The molecule has 0 aromatic heterocycles. The van der Waals surface area contributed by atoms with Crippen LogP contribution in [0, 0.1) is 22.2 Å². The standard InChI is InChI=1S/C13H25NO/c1-11(2)10(12(11,3)4)6-14-7-13(5)8-15-9-13/h10,14H,6-9H2,1-5H3. The number of rotatable bonds is 4. The van der Waals surface area contributed by atoms with E-state index in [-0.39, 0.29) is 0 Å². The average Bonchev–Trinajstić information content (AvgIpc) is 2.44. The van der Waals surface area contributed by atoms with Gasteiger partial charge in [0.15, 0.2) is 0 Å². The van der Waals surface area contributed by atoms with E-state index in [0.29, 0.717) is 16.2 Å². The molecule has 0 radical (unpaired) electrons. The Balaban J connectivity index is 1.72. The molecule has 0 unspecified atom stereocenters. The highest BCUT2D eigenvalue weighted by atomic mass is 16.5. The number of ether oxygens (including phenoxy) is 1. The van der Waals surface area contributed by atoms with Gasteiger partial charge in [0.05, 0.1) is 13.2 Å². The zero-order chi connectivity index (χ0) is 11.3. The van der Waals surface area contributed by atoms with Gasteiger partial charge in [0.1, 0.15) is 0 Å². The summed E-state index contributed by atoms with van der Waals surface area (Å²) in [5, 5.41) is 3.62. The van der Waals surface area contributed by atoms with Gasteiger partial charge >= 0.3 is 0 Å². The van der Waals surface area contributed by atoms with Crippen LogP contribution in [0.1, 0.15) is 34.6 Å². The first-order valence-electron chi connectivity index (χ1n) is 6.08. The van der Waals surface area contributed by atoms with Crippen LogP contribution >= 0.6 is 0 Å². The molecule has 0 spiro atoms. The highest BCUT2D eigenvalue weighted by Gasteiger charge is 2.63. The van der Waals surface area contributed by atoms with Crippen LogP contribution in [-0.4, -0.2) is 26.3 Å². The Morgan fingerprint density at radius 2 is 1.60 bits per heavy atom. The molecular formula is C13H25NO. The van der Waals surface area contributed by atoms with Crippen LogP contribution in [0.4, 0.5) is 0 Å². The van der Waals surface area contributed by atoms with E-state index in [1.165, 1.54) is 0 Å². The van der Waals surface area contributed by atoms with Crippen molar-refractivity contribution in [3.63, 3.8) is 0 Å². The second-order valence-electron chi connectivity index (χ2n) is 6.93. The molecule has 0 bridgehead atoms.